The van der Waals surface area contributed by atoms with Gasteiger partial charge in [-0.2, -0.15) is 48.3 Å². The molecule has 0 aliphatic carbocycles. The average Bonchev–Trinajstić information content (AvgIpc) is 2.95. The molecule has 46 heavy (non-hydrogen) atoms. The van der Waals surface area contributed by atoms with Crippen LogP contribution in [0.1, 0.15) is 39.0 Å². The third-order valence-corrected chi connectivity index (χ3v) is 5.85. The van der Waals surface area contributed by atoms with Crippen LogP contribution < -0.4 is 9.47 Å². The van der Waals surface area contributed by atoms with E-state index in [1.54, 1.807) is 43.8 Å². The Hall–Kier alpha value is -3.03. The highest BCUT2D eigenvalue weighted by molar-refractivity contribution is 5.65. The van der Waals surface area contributed by atoms with Crippen molar-refractivity contribution in [3.63, 3.8) is 0 Å². The van der Waals surface area contributed by atoms with E-state index in [1.807, 2.05) is 11.7 Å². The van der Waals surface area contributed by atoms with Crippen LogP contribution in [0, 0.1) is 0 Å². The maximum Gasteiger partial charge on any atom is 0.483 e. The lowest BCUT2D eigenvalue weighted by Gasteiger charge is -2.31. The van der Waals surface area contributed by atoms with Gasteiger partial charge >= 0.3 is 30.6 Å². The van der Waals surface area contributed by atoms with Crippen molar-refractivity contribution in [2.45, 2.75) is 75.7 Å². The number of ether oxygens (including phenoxy) is 6. The van der Waals surface area contributed by atoms with Crippen molar-refractivity contribution in [1.82, 2.24) is 9.97 Å². The quantitative estimate of drug-likeness (QED) is 0.0969. The van der Waals surface area contributed by atoms with Gasteiger partial charge in [0, 0.05) is 32.2 Å². The van der Waals surface area contributed by atoms with Gasteiger partial charge in [0.05, 0.1) is 24.9 Å². The first-order chi connectivity index (χ1) is 21.3. The van der Waals surface area contributed by atoms with Crippen molar-refractivity contribution in [2.75, 3.05) is 33.5 Å². The molecule has 1 heterocycles. The Balaban J connectivity index is 1.83. The van der Waals surface area contributed by atoms with Crippen molar-refractivity contribution in [2.24, 2.45) is 0 Å². The summed E-state index contributed by atoms with van der Waals surface area (Å²) in [4.78, 5) is 8.43. The summed E-state index contributed by atoms with van der Waals surface area (Å²) in [6, 6.07) is 6.53. The fraction of sp³-hybridized carbons (Fsp3) is 0.630. The van der Waals surface area contributed by atoms with E-state index < -0.39 is 43.8 Å². The van der Waals surface area contributed by atoms with E-state index >= 15 is 0 Å². The Labute approximate surface area is 256 Å². The summed E-state index contributed by atoms with van der Waals surface area (Å²) < 4.78 is 167. The predicted molar refractivity (Wildman–Crippen MR) is 137 cm³/mol. The molecule has 0 aliphatic rings. The molecule has 0 saturated carbocycles. The number of hydrogen-bond acceptors (Lipinski definition) is 8. The summed E-state index contributed by atoms with van der Waals surface area (Å²) in [7, 11) is 1.62. The van der Waals surface area contributed by atoms with Gasteiger partial charge in [-0.3, -0.25) is 0 Å². The highest BCUT2D eigenvalue weighted by Crippen LogP contribution is 2.47. The van der Waals surface area contributed by atoms with Gasteiger partial charge in [0.15, 0.2) is 5.82 Å². The third-order valence-electron chi connectivity index (χ3n) is 5.85. The van der Waals surface area contributed by atoms with Gasteiger partial charge in [-0.05, 0) is 57.2 Å². The highest BCUT2D eigenvalue weighted by Gasteiger charge is 2.72. The number of halogens is 11. The number of rotatable bonds is 21. The standard InChI is InChI=1S/C27H31F11N2O6/c1-18(41-2)8-3-4-15-44-21-16-19(9-10-20(21)22-39-11-7-12-40-22)43-14-6-5-13-42-17-23(28,29)45-26(35,36)27(37,38)46-25(33,34)24(30,31)32/h7,9-12,16,18H,3-6,8,13-15,17H2,1-2H3. The first kappa shape index (κ1) is 39.1. The zero-order valence-corrected chi connectivity index (χ0v) is 24.4. The summed E-state index contributed by atoms with van der Waals surface area (Å²) >= 11 is 0. The fourth-order valence-corrected chi connectivity index (χ4v) is 3.41. The number of hydrogen-bond donors (Lipinski definition) is 0. The molecule has 1 atom stereocenters. The maximum atomic E-state index is 13.6. The second-order valence-electron chi connectivity index (χ2n) is 9.62. The van der Waals surface area contributed by atoms with Crippen LogP contribution >= 0.6 is 0 Å². The second kappa shape index (κ2) is 16.7. The molecule has 1 unspecified atom stereocenters. The van der Waals surface area contributed by atoms with E-state index in [4.69, 9.17) is 14.2 Å². The van der Waals surface area contributed by atoms with Crippen LogP contribution in [-0.2, 0) is 18.9 Å². The first-order valence-corrected chi connectivity index (χ1v) is 13.6. The summed E-state index contributed by atoms with van der Waals surface area (Å²) in [5.74, 6) is 1.21. The lowest BCUT2D eigenvalue weighted by Crippen LogP contribution is -2.55. The molecule has 1 aromatic heterocycles. The predicted octanol–water partition coefficient (Wildman–Crippen LogP) is 7.87. The zero-order chi connectivity index (χ0) is 34.7. The molecule has 0 bridgehead atoms. The molecule has 8 nitrogen and oxygen atoms in total. The Morgan fingerprint density at radius 1 is 0.717 bits per heavy atom. The maximum absolute atomic E-state index is 13.6. The van der Waals surface area contributed by atoms with Gasteiger partial charge in [-0.15, -0.1) is 0 Å². The molecule has 0 radical (unpaired) electrons. The molecule has 0 amide bonds. The first-order valence-electron chi connectivity index (χ1n) is 13.6. The van der Waals surface area contributed by atoms with E-state index in [0.717, 1.165) is 19.3 Å². The number of aromatic nitrogens is 2. The smallest absolute Gasteiger partial charge is 0.483 e. The summed E-state index contributed by atoms with van der Waals surface area (Å²) in [6.45, 7) is -0.272. The average molecular weight is 689 g/mol. The lowest BCUT2D eigenvalue weighted by molar-refractivity contribution is -0.537. The number of alkyl halides is 11. The molecule has 262 valence electrons. The molecule has 0 fully saturated rings. The van der Waals surface area contributed by atoms with Crippen LogP contribution in [-0.4, -0.2) is 80.2 Å². The number of unbranched alkanes of at least 4 members (excludes halogenated alkanes) is 2. The number of methoxy groups -OCH3 is 1. The van der Waals surface area contributed by atoms with Crippen LogP contribution in [0.25, 0.3) is 11.4 Å². The number of benzene rings is 1. The van der Waals surface area contributed by atoms with Gasteiger partial charge in [0.2, 0.25) is 0 Å². The van der Waals surface area contributed by atoms with Gasteiger partial charge in [0.1, 0.15) is 18.1 Å². The molecule has 0 spiro atoms. The van der Waals surface area contributed by atoms with Crippen LogP contribution in [0.5, 0.6) is 11.5 Å². The van der Waals surface area contributed by atoms with E-state index in [9.17, 15) is 48.3 Å². The highest BCUT2D eigenvalue weighted by atomic mass is 19.4. The van der Waals surface area contributed by atoms with Gasteiger partial charge in [0.25, 0.3) is 0 Å². The van der Waals surface area contributed by atoms with Crippen LogP contribution in [0.2, 0.25) is 0 Å². The molecule has 1 aromatic carbocycles. The Morgan fingerprint density at radius 3 is 1.93 bits per heavy atom. The molecule has 19 heteroatoms. The summed E-state index contributed by atoms with van der Waals surface area (Å²) in [6.07, 6.45) is -26.5. The molecular formula is C27H31F11N2O6. The minimum absolute atomic E-state index is 0.0112. The number of nitrogens with zero attached hydrogens (tertiary/aromatic N) is 2. The van der Waals surface area contributed by atoms with Crippen molar-refractivity contribution in [3.05, 3.63) is 36.7 Å². The van der Waals surface area contributed by atoms with Crippen LogP contribution in [0.15, 0.2) is 36.7 Å². The fourth-order valence-electron chi connectivity index (χ4n) is 3.41. The van der Waals surface area contributed by atoms with Gasteiger partial charge < -0.3 is 18.9 Å². The van der Waals surface area contributed by atoms with Crippen molar-refractivity contribution >= 4 is 0 Å². The van der Waals surface area contributed by atoms with Gasteiger partial charge in [-0.25, -0.2) is 19.4 Å². The lowest BCUT2D eigenvalue weighted by atomic mass is 10.1. The van der Waals surface area contributed by atoms with Gasteiger partial charge in [-0.1, -0.05) is 0 Å². The monoisotopic (exact) mass is 688 g/mol. The molecule has 2 rings (SSSR count). The van der Waals surface area contributed by atoms with Crippen molar-refractivity contribution < 1.29 is 76.7 Å². The summed E-state index contributed by atoms with van der Waals surface area (Å²) in [5.41, 5.74) is 0.596. The SMILES string of the molecule is COC(C)CCCCOc1cc(OCCCCOCC(F)(F)OC(F)(F)C(F)(F)OC(F)(F)C(F)(F)F)ccc1-c1ncccn1. The normalized spacial score (nSPS) is 13.9. The Bertz CT molecular complexity index is 1190. The topological polar surface area (TPSA) is 81.2 Å². The Kier molecular flexibility index (Phi) is 14.2. The zero-order valence-electron chi connectivity index (χ0n) is 24.4. The third kappa shape index (κ3) is 12.3. The molecule has 0 saturated heterocycles. The van der Waals surface area contributed by atoms with Crippen molar-refractivity contribution in [3.8, 4) is 22.9 Å². The molecular weight excluding hydrogens is 657 g/mol. The molecule has 2 aromatic rings. The van der Waals surface area contributed by atoms with E-state index in [-0.39, 0.29) is 25.6 Å². The molecule has 0 N–H and O–H groups in total. The molecule has 0 aliphatic heterocycles. The second-order valence-corrected chi connectivity index (χ2v) is 9.62. The van der Waals surface area contributed by atoms with E-state index in [1.165, 1.54) is 0 Å². The minimum atomic E-state index is -6.85. The Morgan fingerprint density at radius 2 is 1.30 bits per heavy atom. The van der Waals surface area contributed by atoms with Crippen LogP contribution in [0.4, 0.5) is 48.3 Å². The van der Waals surface area contributed by atoms with Crippen LogP contribution in [0.3, 0.4) is 0 Å². The summed E-state index contributed by atoms with van der Waals surface area (Å²) in [5, 5.41) is 0. The van der Waals surface area contributed by atoms with E-state index in [0.29, 0.717) is 29.5 Å². The van der Waals surface area contributed by atoms with E-state index in [2.05, 4.69) is 19.4 Å². The largest absolute Gasteiger partial charge is 0.493 e. The van der Waals surface area contributed by atoms with Crippen molar-refractivity contribution in [1.29, 1.82) is 0 Å². The minimum Gasteiger partial charge on any atom is -0.493 e.